The van der Waals surface area contributed by atoms with E-state index >= 15 is 0 Å². The number of hydrogen-bond acceptors (Lipinski definition) is 4. The second-order valence-corrected chi connectivity index (χ2v) is 6.21. The van der Waals surface area contributed by atoms with Crippen LogP contribution in [-0.2, 0) is 15.0 Å². The van der Waals surface area contributed by atoms with E-state index in [0.29, 0.717) is 17.8 Å². The second-order valence-electron chi connectivity index (χ2n) is 6.21. The SMILES string of the molecule is COc1ccc(NC(=O)C2=NNC(=O)CC2)cc1C(C)(C)C. The third-order valence-electron chi connectivity index (χ3n) is 3.43. The molecule has 0 unspecified atom stereocenters. The number of nitrogens with zero attached hydrogens (tertiary/aromatic N) is 1. The van der Waals surface area contributed by atoms with Crippen LogP contribution in [0.25, 0.3) is 0 Å². The van der Waals surface area contributed by atoms with Crippen molar-refractivity contribution in [1.29, 1.82) is 0 Å². The van der Waals surface area contributed by atoms with Gasteiger partial charge in [0.25, 0.3) is 5.91 Å². The average molecular weight is 303 g/mol. The van der Waals surface area contributed by atoms with Gasteiger partial charge in [-0.05, 0) is 23.6 Å². The van der Waals surface area contributed by atoms with E-state index in [0.717, 1.165) is 11.3 Å². The molecule has 0 fully saturated rings. The molecule has 0 radical (unpaired) electrons. The predicted molar refractivity (Wildman–Crippen MR) is 85.1 cm³/mol. The first kappa shape index (κ1) is 16.0. The average Bonchev–Trinajstić information content (AvgIpc) is 2.47. The van der Waals surface area contributed by atoms with Crippen LogP contribution in [0.3, 0.4) is 0 Å². The first-order valence-corrected chi connectivity index (χ1v) is 7.16. The van der Waals surface area contributed by atoms with E-state index in [1.165, 1.54) is 0 Å². The molecule has 118 valence electrons. The molecule has 1 aromatic rings. The zero-order chi connectivity index (χ0) is 16.3. The Hall–Kier alpha value is -2.37. The maximum atomic E-state index is 12.2. The molecule has 0 aromatic heterocycles. The van der Waals surface area contributed by atoms with Gasteiger partial charge in [0.15, 0.2) is 0 Å². The third kappa shape index (κ3) is 3.63. The number of carbonyl (C=O) groups is 2. The molecular formula is C16H21N3O3. The highest BCUT2D eigenvalue weighted by atomic mass is 16.5. The van der Waals surface area contributed by atoms with Crippen LogP contribution in [0.4, 0.5) is 5.69 Å². The van der Waals surface area contributed by atoms with Crippen LogP contribution in [-0.4, -0.2) is 24.6 Å². The monoisotopic (exact) mass is 303 g/mol. The normalized spacial score (nSPS) is 14.9. The number of nitrogens with one attached hydrogen (secondary N) is 2. The zero-order valence-corrected chi connectivity index (χ0v) is 13.3. The maximum Gasteiger partial charge on any atom is 0.271 e. The summed E-state index contributed by atoms with van der Waals surface area (Å²) in [6.45, 7) is 6.24. The highest BCUT2D eigenvalue weighted by Crippen LogP contribution is 2.33. The summed E-state index contributed by atoms with van der Waals surface area (Å²) in [4.78, 5) is 23.2. The van der Waals surface area contributed by atoms with E-state index in [1.807, 2.05) is 12.1 Å². The molecule has 1 aliphatic heterocycles. The molecule has 1 aromatic carbocycles. The van der Waals surface area contributed by atoms with Crippen molar-refractivity contribution in [3.63, 3.8) is 0 Å². The smallest absolute Gasteiger partial charge is 0.271 e. The number of hydrogen-bond donors (Lipinski definition) is 2. The molecule has 0 spiro atoms. The molecule has 1 heterocycles. The predicted octanol–water partition coefficient (Wildman–Crippen LogP) is 2.20. The van der Waals surface area contributed by atoms with Crippen LogP contribution >= 0.6 is 0 Å². The van der Waals surface area contributed by atoms with Gasteiger partial charge in [0, 0.05) is 24.1 Å². The number of carbonyl (C=O) groups excluding carboxylic acids is 2. The topological polar surface area (TPSA) is 79.8 Å². The van der Waals surface area contributed by atoms with E-state index in [9.17, 15) is 9.59 Å². The zero-order valence-electron chi connectivity index (χ0n) is 13.3. The van der Waals surface area contributed by atoms with Crippen LogP contribution < -0.4 is 15.5 Å². The largest absolute Gasteiger partial charge is 0.496 e. The molecule has 0 saturated carbocycles. The van der Waals surface area contributed by atoms with Crippen LogP contribution in [0.1, 0.15) is 39.2 Å². The summed E-state index contributed by atoms with van der Waals surface area (Å²) in [5, 5.41) is 6.61. The van der Waals surface area contributed by atoms with Crippen molar-refractivity contribution in [2.75, 3.05) is 12.4 Å². The van der Waals surface area contributed by atoms with Gasteiger partial charge < -0.3 is 10.1 Å². The molecule has 0 saturated heterocycles. The van der Waals surface area contributed by atoms with Crippen molar-refractivity contribution in [2.24, 2.45) is 5.10 Å². The summed E-state index contributed by atoms with van der Waals surface area (Å²) in [6.07, 6.45) is 0.627. The molecule has 2 rings (SSSR count). The first-order valence-electron chi connectivity index (χ1n) is 7.16. The quantitative estimate of drug-likeness (QED) is 0.898. The summed E-state index contributed by atoms with van der Waals surface area (Å²) >= 11 is 0. The molecule has 0 bridgehead atoms. The number of ether oxygens (including phenoxy) is 1. The van der Waals surface area contributed by atoms with Crippen LogP contribution in [0.2, 0.25) is 0 Å². The molecular weight excluding hydrogens is 282 g/mol. The van der Waals surface area contributed by atoms with E-state index in [1.54, 1.807) is 13.2 Å². The fourth-order valence-corrected chi connectivity index (χ4v) is 2.21. The number of rotatable bonds is 3. The van der Waals surface area contributed by atoms with Gasteiger partial charge in [-0.2, -0.15) is 5.10 Å². The summed E-state index contributed by atoms with van der Waals surface area (Å²) in [5.41, 5.74) is 4.22. The van der Waals surface area contributed by atoms with Gasteiger partial charge in [-0.15, -0.1) is 0 Å². The van der Waals surface area contributed by atoms with E-state index < -0.39 is 0 Å². The van der Waals surface area contributed by atoms with Crippen molar-refractivity contribution in [3.05, 3.63) is 23.8 Å². The fourth-order valence-electron chi connectivity index (χ4n) is 2.21. The lowest BCUT2D eigenvalue weighted by atomic mass is 9.86. The Morgan fingerprint density at radius 1 is 1.32 bits per heavy atom. The highest BCUT2D eigenvalue weighted by Gasteiger charge is 2.21. The summed E-state index contributed by atoms with van der Waals surface area (Å²) in [6, 6.07) is 5.52. The summed E-state index contributed by atoms with van der Waals surface area (Å²) in [7, 11) is 1.63. The van der Waals surface area contributed by atoms with Gasteiger partial charge in [0.1, 0.15) is 11.5 Å². The van der Waals surface area contributed by atoms with Crippen molar-refractivity contribution in [3.8, 4) is 5.75 Å². The van der Waals surface area contributed by atoms with Gasteiger partial charge in [0.2, 0.25) is 5.91 Å². The van der Waals surface area contributed by atoms with Crippen LogP contribution in [0.5, 0.6) is 5.75 Å². The van der Waals surface area contributed by atoms with Crippen molar-refractivity contribution in [1.82, 2.24) is 5.43 Å². The molecule has 1 aliphatic rings. The summed E-state index contributed by atoms with van der Waals surface area (Å²) < 4.78 is 5.38. The van der Waals surface area contributed by atoms with E-state index in [-0.39, 0.29) is 23.7 Å². The Morgan fingerprint density at radius 3 is 2.59 bits per heavy atom. The maximum absolute atomic E-state index is 12.2. The van der Waals surface area contributed by atoms with Gasteiger partial charge in [-0.3, -0.25) is 9.59 Å². The van der Waals surface area contributed by atoms with Crippen molar-refractivity contribution < 1.29 is 14.3 Å². The molecule has 2 N–H and O–H groups in total. The van der Waals surface area contributed by atoms with Gasteiger partial charge >= 0.3 is 0 Å². The second kappa shape index (κ2) is 6.17. The third-order valence-corrected chi connectivity index (χ3v) is 3.43. The number of anilines is 1. The van der Waals surface area contributed by atoms with Crippen molar-refractivity contribution in [2.45, 2.75) is 39.0 Å². The Labute approximate surface area is 129 Å². The lowest BCUT2D eigenvalue weighted by Gasteiger charge is -2.23. The van der Waals surface area contributed by atoms with Gasteiger partial charge in [0.05, 0.1) is 7.11 Å². The van der Waals surface area contributed by atoms with Crippen LogP contribution in [0, 0.1) is 0 Å². The molecule has 6 nitrogen and oxygen atoms in total. The number of methoxy groups -OCH3 is 1. The minimum Gasteiger partial charge on any atom is -0.496 e. The fraction of sp³-hybridized carbons (Fsp3) is 0.438. The molecule has 0 aliphatic carbocycles. The summed E-state index contributed by atoms with van der Waals surface area (Å²) in [5.74, 6) is 0.314. The minimum absolute atomic E-state index is 0.109. The number of benzene rings is 1. The Balaban J connectivity index is 2.20. The van der Waals surface area contributed by atoms with Gasteiger partial charge in [-0.25, -0.2) is 5.43 Å². The van der Waals surface area contributed by atoms with Gasteiger partial charge in [-0.1, -0.05) is 20.8 Å². The Kier molecular flexibility index (Phi) is 4.49. The highest BCUT2D eigenvalue weighted by molar-refractivity contribution is 6.43. The molecule has 6 heteroatoms. The Bertz CT molecular complexity index is 630. The standard InChI is InChI=1S/C16H21N3O3/c1-16(2,3)11-9-10(5-7-13(11)22-4)17-15(21)12-6-8-14(20)19-18-12/h5,7,9H,6,8H2,1-4H3,(H,17,21)(H,19,20). The molecule has 0 atom stereocenters. The first-order chi connectivity index (χ1) is 10.3. The van der Waals surface area contributed by atoms with E-state index in [2.05, 4.69) is 36.6 Å². The molecule has 22 heavy (non-hydrogen) atoms. The van der Waals surface area contributed by atoms with Crippen LogP contribution in [0.15, 0.2) is 23.3 Å². The van der Waals surface area contributed by atoms with Crippen molar-refractivity contribution >= 4 is 23.2 Å². The van der Waals surface area contributed by atoms with E-state index in [4.69, 9.17) is 4.74 Å². The Morgan fingerprint density at radius 2 is 2.05 bits per heavy atom. The lowest BCUT2D eigenvalue weighted by Crippen LogP contribution is -2.32. The minimum atomic E-state index is -0.301. The number of hydrazone groups is 1. The molecule has 2 amide bonds. The lowest BCUT2D eigenvalue weighted by molar-refractivity contribution is -0.121. The number of amides is 2.